The van der Waals surface area contributed by atoms with E-state index >= 15 is 17.6 Å². The van der Waals surface area contributed by atoms with Crippen LogP contribution in [0.3, 0.4) is 0 Å². The van der Waals surface area contributed by atoms with Gasteiger partial charge in [-0.3, -0.25) is 0 Å². The lowest BCUT2D eigenvalue weighted by atomic mass is 9.92. The molecule has 2 aromatic heterocycles. The summed E-state index contributed by atoms with van der Waals surface area (Å²) in [4.78, 5) is 0. The van der Waals surface area contributed by atoms with Crippen LogP contribution < -0.4 is 19.7 Å². The lowest BCUT2D eigenvalue weighted by Gasteiger charge is -2.17. The van der Waals surface area contributed by atoms with Crippen molar-refractivity contribution < 1.29 is 35.1 Å². The zero-order valence-electron chi connectivity index (χ0n) is 20.9. The maximum absolute atomic E-state index is 15.8. The molecule has 4 nitrogen and oxygen atoms in total. The molecule has 0 fully saturated rings. The summed E-state index contributed by atoms with van der Waals surface area (Å²) in [5.41, 5.74) is -4.58. The Balaban J connectivity index is 2.25. The average molecular weight is 676 g/mol. The summed E-state index contributed by atoms with van der Waals surface area (Å²) in [6.45, 7) is 0. The molecule has 0 aliphatic heterocycles. The zero-order chi connectivity index (χ0) is 32.4. The highest BCUT2D eigenvalue weighted by Crippen LogP contribution is 2.49. The molecular weight excluding hydrogens is 670 g/mol. The van der Waals surface area contributed by atoms with Crippen LogP contribution in [-0.2, 0) is 0 Å². The van der Waals surface area contributed by atoms with Crippen molar-refractivity contribution in [2.45, 2.75) is 0 Å². The van der Waals surface area contributed by atoms with Gasteiger partial charge >= 0.3 is 0 Å². The Hall–Kier alpha value is -4.42. The average Bonchev–Trinajstić information content (AvgIpc) is 3.64. The van der Waals surface area contributed by atoms with Gasteiger partial charge in [0.25, 0.3) is 0 Å². The van der Waals surface area contributed by atoms with Gasteiger partial charge in [0, 0.05) is 41.9 Å². The van der Waals surface area contributed by atoms with Crippen molar-refractivity contribution in [3.05, 3.63) is 67.7 Å². The summed E-state index contributed by atoms with van der Waals surface area (Å²) in [7, 11) is 3.53. The van der Waals surface area contributed by atoms with Crippen molar-refractivity contribution in [3.8, 4) is 46.5 Å². The van der Waals surface area contributed by atoms with Crippen LogP contribution >= 0.6 is 41.2 Å². The van der Waals surface area contributed by atoms with E-state index in [9.17, 15) is 38.6 Å². The molecule has 2 heterocycles. The van der Waals surface area contributed by atoms with Crippen LogP contribution in [0.25, 0.3) is 53.6 Å². The van der Waals surface area contributed by atoms with Gasteiger partial charge in [0.05, 0.1) is 20.2 Å². The van der Waals surface area contributed by atoms with Gasteiger partial charge in [-0.25, -0.2) is 35.1 Å². The van der Waals surface area contributed by atoms with Crippen molar-refractivity contribution in [1.82, 2.24) is 0 Å². The van der Waals surface area contributed by atoms with Gasteiger partial charge in [-0.05, 0) is 12.1 Å². The molecule has 0 saturated heterocycles. The van der Waals surface area contributed by atoms with E-state index in [1.165, 1.54) is 0 Å². The van der Waals surface area contributed by atoms with Gasteiger partial charge < -0.3 is 0 Å². The van der Waals surface area contributed by atoms with E-state index < -0.39 is 95.9 Å². The first-order valence-electron chi connectivity index (χ1n) is 11.5. The van der Waals surface area contributed by atoms with Crippen LogP contribution in [-0.4, -0.2) is 0 Å². The predicted octanol–water partition coefficient (Wildman–Crippen LogP) is 5.96. The number of hydrogen-bond acceptors (Lipinski definition) is 6. The third-order valence-electron chi connectivity index (χ3n) is 6.49. The van der Waals surface area contributed by atoms with Crippen molar-refractivity contribution in [2.75, 3.05) is 0 Å². The fraction of sp³-hybridized carbons (Fsp3) is 0. The highest BCUT2D eigenvalue weighted by Gasteiger charge is 2.33. The lowest BCUT2D eigenvalue weighted by Crippen LogP contribution is -2.20. The van der Waals surface area contributed by atoms with Crippen LogP contribution in [0.15, 0.2) is 12.1 Å². The van der Waals surface area contributed by atoms with Gasteiger partial charge in [0.15, 0.2) is 23.3 Å². The van der Waals surface area contributed by atoms with Crippen molar-refractivity contribution in [1.29, 1.82) is 21.0 Å². The number of thiophene rings is 2. The number of halogens is 8. The fourth-order valence-corrected chi connectivity index (χ4v) is 7.65. The van der Waals surface area contributed by atoms with E-state index in [0.29, 0.717) is 22.7 Å². The summed E-state index contributed by atoms with van der Waals surface area (Å²) >= 11 is 0.994. The summed E-state index contributed by atoms with van der Waals surface area (Å²) in [5, 5.41) is 35.7. The maximum atomic E-state index is 15.8. The second kappa shape index (κ2) is 11.3. The van der Waals surface area contributed by atoms with E-state index in [-0.39, 0.29) is 23.9 Å². The number of nitriles is 4. The minimum absolute atomic E-state index is 0.198. The Morgan fingerprint density at radius 3 is 1.14 bits per heavy atom. The summed E-state index contributed by atoms with van der Waals surface area (Å²) in [6, 6.07) is 8.41. The second-order valence-electron chi connectivity index (χ2n) is 8.74. The molecule has 0 saturated carbocycles. The fourth-order valence-electron chi connectivity index (χ4n) is 4.53. The minimum atomic E-state index is -2.46. The zero-order valence-corrected chi connectivity index (χ0v) is 24.9. The molecular formula is C28H6F8N4P2S2. The molecule has 0 aliphatic rings. The molecule has 0 spiro atoms. The van der Waals surface area contributed by atoms with Crippen LogP contribution in [0.1, 0.15) is 0 Å². The SMILES string of the molecule is N#CC(C#N)=c1cc2c(-c3c(F)c(P)c(F)c(P)c3F)c3sc(=C(C#N)C#N)cc3c(-c3c(F)c(F)c(F)c(F)c3F)c2s1. The minimum Gasteiger partial charge on any atom is -0.205 e. The molecule has 2 atom stereocenters. The first-order chi connectivity index (χ1) is 20.8. The van der Waals surface area contributed by atoms with Gasteiger partial charge in [0.2, 0.25) is 5.82 Å². The Morgan fingerprint density at radius 2 is 0.795 bits per heavy atom. The maximum Gasteiger partial charge on any atom is 0.200 e. The molecule has 0 bridgehead atoms. The molecule has 5 rings (SSSR count). The Labute approximate surface area is 253 Å². The van der Waals surface area contributed by atoms with Crippen molar-refractivity contribution in [3.63, 3.8) is 0 Å². The Morgan fingerprint density at radius 1 is 0.477 bits per heavy atom. The summed E-state index contributed by atoms with van der Waals surface area (Å²) < 4.78 is 119. The molecule has 0 radical (unpaired) electrons. The molecule has 44 heavy (non-hydrogen) atoms. The third kappa shape index (κ3) is 4.34. The number of nitrogens with zero attached hydrogens (tertiary/aromatic N) is 4. The normalized spacial score (nSPS) is 10.9. The van der Waals surface area contributed by atoms with Crippen LogP contribution in [0.2, 0.25) is 0 Å². The smallest absolute Gasteiger partial charge is 0.200 e. The predicted molar refractivity (Wildman–Crippen MR) is 155 cm³/mol. The first kappa shape index (κ1) is 31.0. The highest BCUT2D eigenvalue weighted by atomic mass is 32.1. The van der Waals surface area contributed by atoms with Gasteiger partial charge in [-0.15, -0.1) is 22.7 Å². The van der Waals surface area contributed by atoms with E-state index in [0.717, 1.165) is 12.1 Å². The van der Waals surface area contributed by atoms with Gasteiger partial charge in [-0.2, -0.15) is 21.0 Å². The molecule has 5 aromatic rings. The Bertz CT molecular complexity index is 2140. The first-order valence-corrected chi connectivity index (χ1v) is 14.2. The van der Waals surface area contributed by atoms with Crippen LogP contribution in [0, 0.1) is 91.9 Å². The monoisotopic (exact) mass is 676 g/mol. The number of fused-ring (bicyclic) bond motifs is 2. The standard InChI is InChI=1S/C28H6F8N4P2S2/c29-17-15(18(30)22(34)23(35)21(17)33)13-9-1-11(7(3-37)4-38)44-28(9)14(10-2-12(43-27(10)13)8(5-39)6-40)16-19(31)25(41)24(36)26(42)20(16)32/h1-2H,41-42H2. The van der Waals surface area contributed by atoms with Gasteiger partial charge in [-0.1, -0.05) is 18.5 Å². The quantitative estimate of drug-likeness (QED) is 0.0999. The molecule has 0 N–H and O–H groups in total. The van der Waals surface area contributed by atoms with Gasteiger partial charge in [0.1, 0.15) is 52.9 Å². The van der Waals surface area contributed by atoms with E-state index in [2.05, 4.69) is 0 Å². The van der Waals surface area contributed by atoms with Crippen LogP contribution in [0.5, 0.6) is 0 Å². The van der Waals surface area contributed by atoms with Crippen LogP contribution in [0.4, 0.5) is 35.1 Å². The topological polar surface area (TPSA) is 95.2 Å². The molecule has 216 valence electrons. The molecule has 16 heteroatoms. The lowest BCUT2D eigenvalue weighted by molar-refractivity contribution is 0.381. The Kier molecular flexibility index (Phi) is 7.93. The number of hydrogen-bond donors (Lipinski definition) is 0. The molecule has 2 unspecified atom stereocenters. The second-order valence-corrected chi connectivity index (χ2v) is 12.0. The molecule has 3 aromatic carbocycles. The van der Waals surface area contributed by atoms with E-state index in [1.54, 1.807) is 42.8 Å². The molecule has 0 aliphatic carbocycles. The summed E-state index contributed by atoms with van der Waals surface area (Å²) in [5.74, 6) is -15.8. The largest absolute Gasteiger partial charge is 0.205 e. The number of benzene rings is 3. The van der Waals surface area contributed by atoms with Crippen molar-refractivity contribution in [2.24, 2.45) is 0 Å². The molecule has 0 amide bonds. The van der Waals surface area contributed by atoms with Crippen molar-refractivity contribution >= 4 is 83.1 Å². The van der Waals surface area contributed by atoms with E-state index in [4.69, 9.17) is 0 Å². The summed E-state index contributed by atoms with van der Waals surface area (Å²) in [6.07, 6.45) is 0. The van der Waals surface area contributed by atoms with E-state index in [1.807, 2.05) is 0 Å². The third-order valence-corrected chi connectivity index (χ3v) is 9.85. The highest BCUT2D eigenvalue weighted by molar-refractivity contribution is 7.29. The number of rotatable bonds is 2.